The van der Waals surface area contributed by atoms with E-state index in [1.54, 1.807) is 0 Å². The van der Waals surface area contributed by atoms with Crippen molar-refractivity contribution in [1.82, 2.24) is 5.32 Å². The summed E-state index contributed by atoms with van der Waals surface area (Å²) in [7, 11) is 0. The Morgan fingerprint density at radius 1 is 1.43 bits per heavy atom. The average Bonchev–Trinajstić information content (AvgIpc) is 2.46. The van der Waals surface area contributed by atoms with Crippen LogP contribution in [0.5, 0.6) is 0 Å². The molecule has 4 nitrogen and oxygen atoms in total. The molecule has 0 aliphatic heterocycles. The molecule has 0 saturated heterocycles. The minimum atomic E-state index is -4.54. The smallest absolute Gasteiger partial charge is 0.400 e. The van der Waals surface area contributed by atoms with Crippen LogP contribution in [0.3, 0.4) is 0 Å². The Bertz CT molecular complexity index is 516. The first-order valence-electron chi connectivity index (χ1n) is 6.78. The van der Waals surface area contributed by atoms with Gasteiger partial charge in [0.2, 0.25) is 0 Å². The van der Waals surface area contributed by atoms with Gasteiger partial charge in [0.1, 0.15) is 5.92 Å². The number of nitrogens with zero attached hydrogens (tertiary/aromatic N) is 1. The Kier molecular flexibility index (Phi) is 4.72. The quantitative estimate of drug-likeness (QED) is 0.346. The number of fused-ring (bicyclic) bond motifs is 1. The third-order valence-corrected chi connectivity index (χ3v) is 3.81. The summed E-state index contributed by atoms with van der Waals surface area (Å²) in [6, 6.07) is 7.60. The number of hydrogen-bond donors (Lipinski definition) is 3. The van der Waals surface area contributed by atoms with E-state index in [2.05, 4.69) is 10.5 Å². The van der Waals surface area contributed by atoms with Crippen molar-refractivity contribution in [3.63, 3.8) is 0 Å². The molecule has 0 heterocycles. The fraction of sp³-hybridized carbons (Fsp3) is 0.500. The first-order valence-corrected chi connectivity index (χ1v) is 6.78. The molecule has 116 valence electrons. The van der Waals surface area contributed by atoms with Gasteiger partial charge in [-0.3, -0.25) is 0 Å². The van der Waals surface area contributed by atoms with Crippen LogP contribution < -0.4 is 11.1 Å². The van der Waals surface area contributed by atoms with E-state index in [-0.39, 0.29) is 6.04 Å². The third-order valence-electron chi connectivity index (χ3n) is 3.81. The lowest BCUT2D eigenvalue weighted by atomic mass is 9.87. The summed E-state index contributed by atoms with van der Waals surface area (Å²) >= 11 is 0. The molecule has 2 unspecified atom stereocenters. The van der Waals surface area contributed by atoms with Gasteiger partial charge in [-0.2, -0.15) is 13.2 Å². The van der Waals surface area contributed by atoms with Gasteiger partial charge in [-0.1, -0.05) is 29.4 Å². The van der Waals surface area contributed by atoms with Gasteiger partial charge in [0, 0.05) is 12.6 Å². The van der Waals surface area contributed by atoms with E-state index >= 15 is 0 Å². The molecule has 0 amide bonds. The van der Waals surface area contributed by atoms with Crippen molar-refractivity contribution < 1.29 is 18.4 Å². The molecule has 4 N–H and O–H groups in total. The molecule has 7 heteroatoms. The fourth-order valence-electron chi connectivity index (χ4n) is 2.68. The monoisotopic (exact) mass is 301 g/mol. The van der Waals surface area contributed by atoms with E-state index in [1.807, 2.05) is 24.3 Å². The Balaban J connectivity index is 2.09. The van der Waals surface area contributed by atoms with Gasteiger partial charge < -0.3 is 16.3 Å². The summed E-state index contributed by atoms with van der Waals surface area (Å²) in [5, 5.41) is 13.9. The molecule has 0 radical (unpaired) electrons. The predicted molar refractivity (Wildman–Crippen MR) is 73.1 cm³/mol. The topological polar surface area (TPSA) is 70.6 Å². The lowest BCUT2D eigenvalue weighted by Gasteiger charge is -2.28. The third kappa shape index (κ3) is 3.66. The van der Waals surface area contributed by atoms with Crippen LogP contribution in [0.4, 0.5) is 13.2 Å². The van der Waals surface area contributed by atoms with Crippen molar-refractivity contribution in [3.05, 3.63) is 35.4 Å². The average molecular weight is 301 g/mol. The van der Waals surface area contributed by atoms with Crippen LogP contribution in [0.15, 0.2) is 29.4 Å². The molecule has 21 heavy (non-hydrogen) atoms. The number of nitrogens with one attached hydrogen (secondary N) is 1. The van der Waals surface area contributed by atoms with Gasteiger partial charge in [0.25, 0.3) is 0 Å². The standard InChI is InChI=1S/C14H18F3N3O/c15-14(16,17)11(13(18)20-21)8-19-12-7-3-5-9-4-1-2-6-10(9)12/h1-2,4,6,11-12,19,21H,3,5,7-8H2,(H2,18,20). The fourth-order valence-corrected chi connectivity index (χ4v) is 2.68. The zero-order chi connectivity index (χ0) is 15.5. The van der Waals surface area contributed by atoms with E-state index in [1.165, 1.54) is 0 Å². The van der Waals surface area contributed by atoms with Crippen molar-refractivity contribution in [2.45, 2.75) is 31.5 Å². The van der Waals surface area contributed by atoms with Crippen molar-refractivity contribution in [3.8, 4) is 0 Å². The SMILES string of the molecule is N/C(=N/O)C(CNC1CCCc2ccccc21)C(F)(F)F. The number of aryl methyl sites for hydroxylation is 1. The van der Waals surface area contributed by atoms with Crippen molar-refractivity contribution in [2.75, 3.05) is 6.54 Å². The van der Waals surface area contributed by atoms with Gasteiger partial charge >= 0.3 is 6.18 Å². The lowest BCUT2D eigenvalue weighted by Crippen LogP contribution is -2.44. The highest BCUT2D eigenvalue weighted by atomic mass is 19.4. The van der Waals surface area contributed by atoms with Gasteiger partial charge in [-0.15, -0.1) is 0 Å². The maximum absolute atomic E-state index is 12.9. The molecule has 2 rings (SSSR count). The normalized spacial score (nSPS) is 20.9. The maximum atomic E-state index is 12.9. The lowest BCUT2D eigenvalue weighted by molar-refractivity contribution is -0.155. The number of amidine groups is 1. The number of oxime groups is 1. The molecule has 0 spiro atoms. The molecular weight excluding hydrogens is 283 g/mol. The summed E-state index contributed by atoms with van der Waals surface area (Å²) in [4.78, 5) is 0. The second-order valence-electron chi connectivity index (χ2n) is 5.17. The van der Waals surface area contributed by atoms with Gasteiger partial charge in [0.15, 0.2) is 5.84 Å². The highest BCUT2D eigenvalue weighted by molar-refractivity contribution is 5.83. The van der Waals surface area contributed by atoms with Crippen LogP contribution >= 0.6 is 0 Å². The molecular formula is C14H18F3N3O. The zero-order valence-corrected chi connectivity index (χ0v) is 11.4. The molecule has 1 aromatic carbocycles. The number of halogens is 3. The highest BCUT2D eigenvalue weighted by Crippen LogP contribution is 2.31. The predicted octanol–water partition coefficient (Wildman–Crippen LogP) is 2.58. The van der Waals surface area contributed by atoms with E-state index in [4.69, 9.17) is 10.9 Å². The Hall–Kier alpha value is -1.76. The summed E-state index contributed by atoms with van der Waals surface area (Å²) in [5.41, 5.74) is 7.35. The zero-order valence-electron chi connectivity index (χ0n) is 11.4. The highest BCUT2D eigenvalue weighted by Gasteiger charge is 2.43. The molecule has 2 atom stereocenters. The first kappa shape index (κ1) is 15.6. The van der Waals surface area contributed by atoms with Crippen LogP contribution in [-0.4, -0.2) is 23.8 Å². The number of benzene rings is 1. The van der Waals surface area contributed by atoms with E-state index in [9.17, 15) is 13.2 Å². The van der Waals surface area contributed by atoms with Gasteiger partial charge in [-0.05, 0) is 30.4 Å². The number of hydrogen-bond acceptors (Lipinski definition) is 3. The van der Waals surface area contributed by atoms with E-state index in [0.29, 0.717) is 0 Å². The number of rotatable bonds is 4. The minimum Gasteiger partial charge on any atom is -0.409 e. The van der Waals surface area contributed by atoms with Gasteiger partial charge in [0.05, 0.1) is 0 Å². The van der Waals surface area contributed by atoms with Crippen LogP contribution in [0, 0.1) is 5.92 Å². The summed E-state index contributed by atoms with van der Waals surface area (Å²) in [5.74, 6) is -2.81. The second kappa shape index (κ2) is 6.34. The first-order chi connectivity index (χ1) is 9.93. The molecule has 1 aromatic rings. The Morgan fingerprint density at radius 2 is 2.14 bits per heavy atom. The number of alkyl halides is 3. The molecule has 0 bridgehead atoms. The molecule has 1 aliphatic carbocycles. The van der Waals surface area contributed by atoms with Crippen molar-refractivity contribution in [1.29, 1.82) is 0 Å². The largest absolute Gasteiger partial charge is 0.409 e. The van der Waals surface area contributed by atoms with Gasteiger partial charge in [-0.25, -0.2) is 0 Å². The van der Waals surface area contributed by atoms with E-state index in [0.717, 1.165) is 30.4 Å². The molecule has 0 aromatic heterocycles. The summed E-state index contributed by atoms with van der Waals surface area (Å²) < 4.78 is 38.7. The van der Waals surface area contributed by atoms with Crippen LogP contribution in [-0.2, 0) is 6.42 Å². The molecule has 0 fully saturated rings. The van der Waals surface area contributed by atoms with Crippen molar-refractivity contribution in [2.24, 2.45) is 16.8 Å². The maximum Gasteiger partial charge on any atom is 0.400 e. The van der Waals surface area contributed by atoms with E-state index < -0.39 is 24.5 Å². The van der Waals surface area contributed by atoms with Crippen LogP contribution in [0.2, 0.25) is 0 Å². The summed E-state index contributed by atoms with van der Waals surface area (Å²) in [6.07, 6.45) is -1.90. The Morgan fingerprint density at radius 3 is 2.81 bits per heavy atom. The minimum absolute atomic E-state index is 0.133. The molecule has 0 saturated carbocycles. The van der Waals surface area contributed by atoms with Crippen LogP contribution in [0.25, 0.3) is 0 Å². The second-order valence-corrected chi connectivity index (χ2v) is 5.17. The molecule has 1 aliphatic rings. The number of nitrogens with two attached hydrogens (primary N) is 1. The Labute approximate surface area is 120 Å². The van der Waals surface area contributed by atoms with Crippen molar-refractivity contribution >= 4 is 5.84 Å². The summed E-state index contributed by atoms with van der Waals surface area (Å²) in [6.45, 7) is -0.404. The van der Waals surface area contributed by atoms with Crippen LogP contribution in [0.1, 0.15) is 30.0 Å².